The van der Waals surface area contributed by atoms with Crippen LogP contribution < -0.4 is 16.0 Å². The van der Waals surface area contributed by atoms with E-state index >= 15 is 0 Å². The van der Waals surface area contributed by atoms with Gasteiger partial charge in [0.1, 0.15) is 45.8 Å². The van der Waals surface area contributed by atoms with E-state index in [-0.39, 0.29) is 83.0 Å². The molecule has 0 spiro atoms. The van der Waals surface area contributed by atoms with Gasteiger partial charge in [0.25, 0.3) is 24.2 Å². The second kappa shape index (κ2) is 30.9. The molecule has 3 aliphatic carbocycles. The van der Waals surface area contributed by atoms with Crippen molar-refractivity contribution in [1.29, 1.82) is 0 Å². The van der Waals surface area contributed by atoms with E-state index in [4.69, 9.17) is 37.4 Å². The third kappa shape index (κ3) is 15.7. The molecule has 0 saturated heterocycles. The lowest BCUT2D eigenvalue weighted by Gasteiger charge is -2.34. The highest BCUT2D eigenvalue weighted by molar-refractivity contribution is 6.06. The molecular weight excluding hydrogens is 1290 g/mol. The molecule has 0 bridgehead atoms. The fraction of sp³-hybridized carbons (Fsp3) is 0.269. The molecule has 3 aliphatic rings. The van der Waals surface area contributed by atoms with Crippen LogP contribution in [0.15, 0.2) is 160 Å². The lowest BCUT2D eigenvalue weighted by Crippen LogP contribution is -2.33. The second-order valence-electron chi connectivity index (χ2n) is 22.7. The van der Waals surface area contributed by atoms with Crippen LogP contribution in [-0.4, -0.2) is 142 Å². The molecule has 510 valence electrons. The minimum Gasteiger partial charge on any atom is -0.483 e. The third-order valence-corrected chi connectivity index (χ3v) is 16.2. The number of halogens is 3. The molecule has 0 atom stereocenters. The third-order valence-electron chi connectivity index (χ3n) is 16.2. The highest BCUT2D eigenvalue weighted by Gasteiger charge is 2.36. The van der Waals surface area contributed by atoms with Crippen LogP contribution in [0.2, 0.25) is 0 Å². The topological polar surface area (TPSA) is 370 Å². The smallest absolute Gasteiger partial charge is 0.291 e. The van der Waals surface area contributed by atoms with Gasteiger partial charge in [-0.1, -0.05) is 6.07 Å². The van der Waals surface area contributed by atoms with Gasteiger partial charge in [0.15, 0.2) is 28.9 Å². The van der Waals surface area contributed by atoms with Crippen LogP contribution >= 0.6 is 0 Å². The number of pyridine rings is 3. The van der Waals surface area contributed by atoms with E-state index in [1.165, 1.54) is 42.7 Å². The summed E-state index contributed by atoms with van der Waals surface area (Å²) in [6.07, 6.45) is 23.4. The Morgan fingerprint density at radius 1 is 0.515 bits per heavy atom. The van der Waals surface area contributed by atoms with Crippen LogP contribution in [0.5, 0.6) is 0 Å². The fourth-order valence-electron chi connectivity index (χ4n) is 11.1. The zero-order valence-electron chi connectivity index (χ0n) is 53.3. The molecule has 3 fully saturated rings. The normalized spacial score (nSPS) is 17.4. The van der Waals surface area contributed by atoms with Crippen molar-refractivity contribution in [3.63, 3.8) is 0 Å². The predicted octanol–water partition coefficient (Wildman–Crippen LogP) is 11.9. The van der Waals surface area contributed by atoms with Gasteiger partial charge in [0, 0.05) is 69.4 Å². The van der Waals surface area contributed by atoms with Gasteiger partial charge in [-0.3, -0.25) is 58.5 Å². The highest BCUT2D eigenvalue weighted by Crippen LogP contribution is 2.41. The number of furan rings is 3. The van der Waals surface area contributed by atoms with Crippen molar-refractivity contribution in [2.75, 3.05) is 35.8 Å². The van der Waals surface area contributed by atoms with Crippen molar-refractivity contribution in [2.24, 2.45) is 0 Å². The lowest BCUT2D eigenvalue weighted by molar-refractivity contribution is -0.122. The molecule has 32 heteroatoms. The Balaban J connectivity index is 0.000000138. The zero-order valence-corrected chi connectivity index (χ0v) is 53.3. The Hall–Kier alpha value is -11.9. The van der Waals surface area contributed by atoms with Crippen LogP contribution in [0.1, 0.15) is 109 Å². The number of carbonyl (C=O) groups excluding carboxylic acids is 3. The number of H-pyrrole nitrogens is 3. The molecule has 99 heavy (non-hydrogen) atoms. The van der Waals surface area contributed by atoms with Crippen LogP contribution in [0.4, 0.5) is 30.2 Å². The van der Waals surface area contributed by atoms with Crippen molar-refractivity contribution in [3.05, 3.63) is 182 Å². The molecular formula is C67H65F3N18O11. The molecule has 12 heterocycles. The van der Waals surface area contributed by atoms with E-state index in [1.807, 2.05) is 20.8 Å². The number of aromatic nitrogens is 15. The minimum atomic E-state index is -0.620. The van der Waals surface area contributed by atoms with Crippen molar-refractivity contribution >= 4 is 41.3 Å². The highest BCUT2D eigenvalue weighted by atomic mass is 19.1. The Kier molecular flexibility index (Phi) is 20.9. The Bertz CT molecular complexity index is 4460. The van der Waals surface area contributed by atoms with Crippen molar-refractivity contribution in [2.45, 2.75) is 95.7 Å². The summed E-state index contributed by atoms with van der Waals surface area (Å²) in [5.41, 5.74) is 4.70. The summed E-state index contributed by atoms with van der Waals surface area (Å²) in [5.74, 6) is -1.17. The number of hydrogen-bond acceptors (Lipinski definition) is 19. The van der Waals surface area contributed by atoms with E-state index in [0.717, 1.165) is 55.2 Å². The van der Waals surface area contributed by atoms with E-state index < -0.39 is 35.3 Å². The van der Waals surface area contributed by atoms with Crippen LogP contribution in [0, 0.1) is 17.6 Å². The summed E-state index contributed by atoms with van der Waals surface area (Å²) in [7, 11) is 0. The van der Waals surface area contributed by atoms with Crippen LogP contribution in [0.25, 0.3) is 68.1 Å². The summed E-state index contributed by atoms with van der Waals surface area (Å²) in [4.78, 5) is 59.1. The molecule has 3 amide bonds. The van der Waals surface area contributed by atoms with E-state index in [9.17, 15) is 27.6 Å². The summed E-state index contributed by atoms with van der Waals surface area (Å²) in [6.45, 7) is 7.63. The Morgan fingerprint density at radius 3 is 1.19 bits per heavy atom. The zero-order chi connectivity index (χ0) is 68.9. The fourth-order valence-corrected chi connectivity index (χ4v) is 11.1. The number of rotatable bonds is 21. The number of aromatic amines is 3. The van der Waals surface area contributed by atoms with Crippen molar-refractivity contribution < 1.29 is 64.9 Å². The molecule has 7 N–H and O–H groups in total. The monoisotopic (exact) mass is 1350 g/mol. The number of amides is 3. The first-order valence-corrected chi connectivity index (χ1v) is 31.5. The molecule has 29 nitrogen and oxygen atoms in total. The average molecular weight is 1360 g/mol. The maximum Gasteiger partial charge on any atom is 0.291 e. The van der Waals surface area contributed by atoms with Crippen molar-refractivity contribution in [3.8, 4) is 68.1 Å². The lowest BCUT2D eigenvalue weighted by atomic mass is 9.89. The molecule has 12 aromatic heterocycles. The first-order chi connectivity index (χ1) is 48.3. The number of anilines is 3. The van der Waals surface area contributed by atoms with Crippen LogP contribution in [0.3, 0.4) is 0 Å². The van der Waals surface area contributed by atoms with Gasteiger partial charge >= 0.3 is 0 Å². The first-order valence-electron chi connectivity index (χ1n) is 31.5. The van der Waals surface area contributed by atoms with Crippen LogP contribution in [-0.2, 0) is 19.0 Å². The number of carbonyl (C=O) groups is 4. The average Bonchev–Trinajstić information content (AvgIpc) is 1.66. The number of ether oxygens (including phenoxy) is 3. The number of nitrogens with zero attached hydrogens (tertiary/aromatic N) is 12. The van der Waals surface area contributed by atoms with E-state index in [1.54, 1.807) is 118 Å². The second-order valence-corrected chi connectivity index (χ2v) is 22.7. The largest absolute Gasteiger partial charge is 0.483 e. The summed E-state index contributed by atoms with van der Waals surface area (Å²) in [6, 6.07) is 20.3. The van der Waals surface area contributed by atoms with Gasteiger partial charge < -0.3 is 48.5 Å². The minimum absolute atomic E-state index is 0.0702. The van der Waals surface area contributed by atoms with E-state index in [2.05, 4.69) is 76.8 Å². The Labute approximate surface area is 560 Å². The van der Waals surface area contributed by atoms with E-state index in [0.29, 0.717) is 65.6 Å². The molecule has 3 saturated carbocycles. The molecule has 0 unspecified atom stereocenters. The van der Waals surface area contributed by atoms with Gasteiger partial charge in [-0.15, -0.1) is 0 Å². The number of hydrogen-bond donors (Lipinski definition) is 7. The molecule has 12 aromatic rings. The Morgan fingerprint density at radius 2 is 0.869 bits per heavy atom. The van der Waals surface area contributed by atoms with Gasteiger partial charge in [-0.2, -0.15) is 35.0 Å². The quantitative estimate of drug-likeness (QED) is 0.0259. The maximum atomic E-state index is 14.5. The van der Waals surface area contributed by atoms with Crippen molar-refractivity contribution in [1.82, 2.24) is 74.9 Å². The summed E-state index contributed by atoms with van der Waals surface area (Å²) < 4.78 is 81.8. The molecule has 0 aliphatic heterocycles. The molecule has 0 radical (unpaired) electrons. The van der Waals surface area contributed by atoms with Gasteiger partial charge in [-0.05, 0) is 132 Å². The van der Waals surface area contributed by atoms with Gasteiger partial charge in [0.05, 0.1) is 94.5 Å². The summed E-state index contributed by atoms with van der Waals surface area (Å²) in [5, 5.41) is 48.7. The number of nitrogens with one attached hydrogen (secondary N) is 6. The first kappa shape index (κ1) is 67.1. The predicted molar refractivity (Wildman–Crippen MR) is 349 cm³/mol. The molecule has 0 aromatic carbocycles. The van der Waals surface area contributed by atoms with Gasteiger partial charge in [-0.25, -0.2) is 13.8 Å². The standard InChI is InChI=1S/3C22H21FN6O3.CH2O2/c2*1-2-31-15-8-14(9-15)29-12-17(21(28-29)20-16(23)4-3-7-24-20)27-22(30)19-6-5-18(32-19)13-10-25-26-11-13;1-2-31-15-8-14(9-15)29-12-17(21(28-29)16-4-3-5-20(23)26-16)27-22(30)19-7-6-18(32-19)13-10-24-25-11-13;2-1-3/h2*3-7,10-12,14-15H,2,8-9H2,1H3,(H,25,26)(H,27,30);3-7,10-12,14-15H,2,8-9H2,1H3,(H,24,25)(H,27,30);1H,(H,2,3). The van der Waals surface area contributed by atoms with Gasteiger partial charge in [0.2, 0.25) is 5.95 Å². The SMILES string of the molecule is CCOC1CC(n2cc(NC(=O)c3ccc(-c4cn[nH]c4)o3)c(-c3cccc(F)n3)n2)C1.CCOC1CC(n2cc(NC(=O)c3ccc(-c4cn[nH]c4)o3)c(-c3ncccc3F)n2)C1.CCOC1CC(n2cc(NC(=O)c3ccc(-c4cn[nH]c4)o3)c(-c3ncccc3F)n2)C1.O=CO. The summed E-state index contributed by atoms with van der Waals surface area (Å²) >= 11 is 0. The maximum absolute atomic E-state index is 14.5. The number of carboxylic acid groups (broad SMARTS) is 1. The molecule has 15 rings (SSSR count).